The molecule has 0 spiro atoms. The summed E-state index contributed by atoms with van der Waals surface area (Å²) in [5, 5.41) is 3.75. The van der Waals surface area contributed by atoms with Crippen LogP contribution in [0.2, 0.25) is 5.02 Å². The first-order valence-corrected chi connectivity index (χ1v) is 8.37. The first-order valence-electron chi connectivity index (χ1n) is 7.99. The molecule has 0 saturated heterocycles. The quantitative estimate of drug-likeness (QED) is 0.822. The largest absolute Gasteiger partial charge is 0.398 e. The summed E-state index contributed by atoms with van der Waals surface area (Å²) in [6.07, 6.45) is 6.66. The summed E-state index contributed by atoms with van der Waals surface area (Å²) in [4.78, 5) is 12.4. The Kier molecular flexibility index (Phi) is 3.14. The number of nitrogens with two attached hydrogens (primary N) is 1. The van der Waals surface area contributed by atoms with Crippen molar-refractivity contribution in [1.29, 1.82) is 0 Å². The molecule has 0 heterocycles. The maximum absolute atomic E-state index is 12.4. The number of nitrogen functional groups attached to an aromatic ring is 1. The molecule has 5 atom stereocenters. The maximum atomic E-state index is 12.4. The van der Waals surface area contributed by atoms with Crippen LogP contribution in [0.25, 0.3) is 0 Å². The molecule has 3 nitrogen and oxygen atoms in total. The second kappa shape index (κ2) is 4.91. The molecule has 112 valence electrons. The van der Waals surface area contributed by atoms with Gasteiger partial charge in [-0.1, -0.05) is 18.0 Å². The van der Waals surface area contributed by atoms with E-state index >= 15 is 0 Å². The van der Waals surface area contributed by atoms with Gasteiger partial charge in [-0.2, -0.15) is 0 Å². The minimum atomic E-state index is -0.00883. The van der Waals surface area contributed by atoms with Crippen LogP contribution in [-0.4, -0.2) is 11.9 Å². The van der Waals surface area contributed by atoms with Gasteiger partial charge in [0, 0.05) is 11.6 Å². The summed E-state index contributed by atoms with van der Waals surface area (Å²) in [5.41, 5.74) is 6.86. The summed E-state index contributed by atoms with van der Waals surface area (Å²) < 4.78 is 0. The molecule has 1 aromatic carbocycles. The highest BCUT2D eigenvalue weighted by molar-refractivity contribution is 6.33. The third kappa shape index (κ3) is 2.13. The van der Waals surface area contributed by atoms with E-state index in [0.29, 0.717) is 28.2 Å². The predicted octanol–water partition coefficient (Wildman–Crippen LogP) is 3.48. The second-order valence-electron chi connectivity index (χ2n) is 6.97. The van der Waals surface area contributed by atoms with Crippen molar-refractivity contribution in [2.75, 3.05) is 5.73 Å². The third-order valence-corrected chi connectivity index (χ3v) is 6.35. The molecule has 0 radical (unpaired) electrons. The van der Waals surface area contributed by atoms with Crippen molar-refractivity contribution in [1.82, 2.24) is 5.32 Å². The van der Waals surface area contributed by atoms with Crippen LogP contribution < -0.4 is 11.1 Å². The number of halogens is 1. The highest BCUT2D eigenvalue weighted by atomic mass is 35.5. The van der Waals surface area contributed by atoms with Crippen LogP contribution in [0.15, 0.2) is 18.2 Å². The van der Waals surface area contributed by atoms with Crippen LogP contribution >= 0.6 is 11.6 Å². The molecule has 4 heteroatoms. The van der Waals surface area contributed by atoms with Gasteiger partial charge in [-0.25, -0.2) is 0 Å². The van der Waals surface area contributed by atoms with Gasteiger partial charge in [-0.05, 0) is 67.6 Å². The summed E-state index contributed by atoms with van der Waals surface area (Å²) >= 11 is 5.91. The van der Waals surface area contributed by atoms with Gasteiger partial charge in [0.2, 0.25) is 0 Å². The molecule has 0 aromatic heterocycles. The molecule has 0 aliphatic heterocycles. The van der Waals surface area contributed by atoms with Crippen molar-refractivity contribution in [3.8, 4) is 0 Å². The van der Waals surface area contributed by atoms with Gasteiger partial charge < -0.3 is 11.1 Å². The summed E-state index contributed by atoms with van der Waals surface area (Å²) in [6, 6.07) is 5.47. The molecule has 3 aliphatic carbocycles. The third-order valence-electron chi connectivity index (χ3n) is 6.00. The molecule has 5 unspecified atom stereocenters. The SMILES string of the molecule is Nc1cc(C(=O)NC2CC3CC2C2CCCC32)ccc1Cl. The van der Waals surface area contributed by atoms with Gasteiger partial charge in [-0.3, -0.25) is 4.79 Å². The fraction of sp³-hybridized carbons (Fsp3) is 0.588. The second-order valence-corrected chi connectivity index (χ2v) is 7.38. The van der Waals surface area contributed by atoms with Gasteiger partial charge in [0.05, 0.1) is 10.7 Å². The molecular formula is C17H21ClN2O. The number of rotatable bonds is 2. The Morgan fingerprint density at radius 2 is 2.00 bits per heavy atom. The van der Waals surface area contributed by atoms with Crippen molar-refractivity contribution in [2.45, 2.75) is 38.1 Å². The highest BCUT2D eigenvalue weighted by Crippen LogP contribution is 2.58. The van der Waals surface area contributed by atoms with E-state index < -0.39 is 0 Å². The lowest BCUT2D eigenvalue weighted by atomic mass is 9.79. The Morgan fingerprint density at radius 3 is 2.81 bits per heavy atom. The minimum Gasteiger partial charge on any atom is -0.398 e. The van der Waals surface area contributed by atoms with Crippen molar-refractivity contribution >= 4 is 23.2 Å². The monoisotopic (exact) mass is 304 g/mol. The summed E-state index contributed by atoms with van der Waals surface area (Å²) in [7, 11) is 0. The number of carbonyl (C=O) groups is 1. The molecule has 3 N–H and O–H groups in total. The van der Waals surface area contributed by atoms with E-state index in [1.807, 2.05) is 0 Å². The zero-order valence-electron chi connectivity index (χ0n) is 12.0. The number of hydrogen-bond acceptors (Lipinski definition) is 2. The average Bonchev–Trinajstić information content (AvgIpc) is 3.13. The fourth-order valence-corrected chi connectivity index (χ4v) is 5.29. The van der Waals surface area contributed by atoms with E-state index in [1.54, 1.807) is 18.2 Å². The van der Waals surface area contributed by atoms with E-state index in [0.717, 1.165) is 17.8 Å². The van der Waals surface area contributed by atoms with Crippen molar-refractivity contribution in [2.24, 2.45) is 23.7 Å². The number of fused-ring (bicyclic) bond motifs is 5. The lowest BCUT2D eigenvalue weighted by Gasteiger charge is -2.32. The zero-order valence-corrected chi connectivity index (χ0v) is 12.8. The van der Waals surface area contributed by atoms with Gasteiger partial charge in [-0.15, -0.1) is 0 Å². The predicted molar refractivity (Wildman–Crippen MR) is 84.2 cm³/mol. The molecule has 1 aromatic rings. The standard InChI is InChI=1S/C17H21ClN2O/c18-14-5-4-9(7-15(14)19)17(21)20-16-8-10-6-13(16)12-3-1-2-11(10)12/h4-5,7,10-13,16H,1-3,6,8,19H2,(H,20,21). The smallest absolute Gasteiger partial charge is 0.251 e. The molecule has 3 saturated carbocycles. The normalized spacial score (nSPS) is 36.7. The molecule has 1 amide bonds. The van der Waals surface area contributed by atoms with Gasteiger partial charge in [0.15, 0.2) is 0 Å². The van der Waals surface area contributed by atoms with E-state index in [1.165, 1.54) is 32.1 Å². The number of amides is 1. The van der Waals surface area contributed by atoms with Crippen LogP contribution in [0.5, 0.6) is 0 Å². The van der Waals surface area contributed by atoms with Crippen LogP contribution in [-0.2, 0) is 0 Å². The van der Waals surface area contributed by atoms with Crippen LogP contribution in [0.1, 0.15) is 42.5 Å². The van der Waals surface area contributed by atoms with Crippen molar-refractivity contribution in [3.63, 3.8) is 0 Å². The highest BCUT2D eigenvalue weighted by Gasteiger charge is 2.54. The van der Waals surface area contributed by atoms with Crippen LogP contribution in [0, 0.1) is 23.7 Å². The van der Waals surface area contributed by atoms with Crippen molar-refractivity contribution in [3.05, 3.63) is 28.8 Å². The number of anilines is 1. The van der Waals surface area contributed by atoms with Crippen LogP contribution in [0.4, 0.5) is 5.69 Å². The molecule has 3 fully saturated rings. The Balaban J connectivity index is 1.47. The first-order chi connectivity index (χ1) is 10.1. The lowest BCUT2D eigenvalue weighted by molar-refractivity contribution is 0.0901. The topological polar surface area (TPSA) is 55.1 Å². The molecule has 21 heavy (non-hydrogen) atoms. The zero-order chi connectivity index (χ0) is 14.6. The van der Waals surface area contributed by atoms with Crippen molar-refractivity contribution < 1.29 is 4.79 Å². The average molecular weight is 305 g/mol. The van der Waals surface area contributed by atoms with E-state index in [9.17, 15) is 4.79 Å². The van der Waals surface area contributed by atoms with E-state index in [-0.39, 0.29) is 5.91 Å². The van der Waals surface area contributed by atoms with E-state index in [2.05, 4.69) is 5.32 Å². The van der Waals surface area contributed by atoms with Gasteiger partial charge in [0.25, 0.3) is 5.91 Å². The Morgan fingerprint density at radius 1 is 1.19 bits per heavy atom. The molecule has 2 bridgehead atoms. The van der Waals surface area contributed by atoms with E-state index in [4.69, 9.17) is 17.3 Å². The number of carbonyl (C=O) groups excluding carboxylic acids is 1. The molecule has 3 aliphatic rings. The molecular weight excluding hydrogens is 284 g/mol. The Bertz CT molecular complexity index is 588. The number of nitrogens with one attached hydrogen (secondary N) is 1. The lowest BCUT2D eigenvalue weighted by Crippen LogP contribution is -2.42. The Labute approximate surface area is 130 Å². The van der Waals surface area contributed by atoms with Crippen LogP contribution in [0.3, 0.4) is 0 Å². The maximum Gasteiger partial charge on any atom is 0.251 e. The van der Waals surface area contributed by atoms with Gasteiger partial charge in [0.1, 0.15) is 0 Å². The fourth-order valence-electron chi connectivity index (χ4n) is 5.17. The Hall–Kier alpha value is -1.22. The summed E-state index contributed by atoms with van der Waals surface area (Å²) in [5.74, 6) is 3.36. The minimum absolute atomic E-state index is 0.00883. The number of hydrogen-bond donors (Lipinski definition) is 2. The number of benzene rings is 1. The van der Waals surface area contributed by atoms with Gasteiger partial charge >= 0.3 is 0 Å². The molecule has 4 rings (SSSR count). The summed E-state index contributed by atoms with van der Waals surface area (Å²) in [6.45, 7) is 0. The first kappa shape index (κ1) is 13.4.